The van der Waals surface area contributed by atoms with Crippen LogP contribution in [-0.4, -0.2) is 19.6 Å². The smallest absolute Gasteiger partial charge is 0.261 e. The average Bonchev–Trinajstić information content (AvgIpc) is 2.96. The predicted molar refractivity (Wildman–Crippen MR) is 85.1 cm³/mol. The van der Waals surface area contributed by atoms with Crippen molar-refractivity contribution in [2.75, 3.05) is 0 Å². The molecule has 112 valence electrons. The summed E-state index contributed by atoms with van der Waals surface area (Å²) in [6.07, 6.45) is 0. The highest BCUT2D eigenvalue weighted by atomic mass is 32.1. The van der Waals surface area contributed by atoms with E-state index in [1.54, 1.807) is 13.0 Å². The summed E-state index contributed by atoms with van der Waals surface area (Å²) in [5.41, 5.74) is 3.95. The number of aryl methyl sites for hydroxylation is 2. The Labute approximate surface area is 130 Å². The van der Waals surface area contributed by atoms with Crippen molar-refractivity contribution in [3.8, 4) is 0 Å². The van der Waals surface area contributed by atoms with Crippen LogP contribution in [0, 0.1) is 13.8 Å². The van der Waals surface area contributed by atoms with E-state index in [1.165, 1.54) is 0 Å². The van der Waals surface area contributed by atoms with E-state index < -0.39 is 0 Å². The number of benzene rings is 1. The summed E-state index contributed by atoms with van der Waals surface area (Å²) in [5, 5.41) is 2.76. The molecule has 0 saturated heterocycles. The van der Waals surface area contributed by atoms with E-state index in [0.717, 1.165) is 39.6 Å². The van der Waals surface area contributed by atoms with Crippen LogP contribution < -0.4 is 10.9 Å². The van der Waals surface area contributed by atoms with Crippen LogP contribution in [0.2, 0.25) is 0 Å². The molecule has 2 N–H and O–H groups in total. The maximum atomic E-state index is 12.2. The number of amides is 1. The fraction of sp³-hybridized carbons (Fsp3) is 0.200. The summed E-state index contributed by atoms with van der Waals surface area (Å²) in [4.78, 5) is 26.7. The average molecular weight is 314 g/mol. The highest BCUT2D eigenvalue weighted by Gasteiger charge is 2.12. The van der Waals surface area contributed by atoms with Crippen molar-refractivity contribution in [2.24, 2.45) is 0 Å². The quantitative estimate of drug-likeness (QED) is 0.773. The zero-order valence-electron chi connectivity index (χ0n) is 12.1. The maximum Gasteiger partial charge on any atom is 0.261 e. The number of hydrogen-bond acceptors (Lipinski definition) is 5. The van der Waals surface area contributed by atoms with Crippen molar-refractivity contribution in [3.63, 3.8) is 0 Å². The number of nitrogens with one attached hydrogen (secondary N) is 2. The summed E-state index contributed by atoms with van der Waals surface area (Å²) in [6.45, 7) is 3.99. The van der Waals surface area contributed by atoms with Gasteiger partial charge in [-0.15, -0.1) is 0 Å². The second-order valence-electron chi connectivity index (χ2n) is 5.09. The van der Waals surface area contributed by atoms with Crippen molar-refractivity contribution in [3.05, 3.63) is 57.0 Å². The molecule has 6 nitrogen and oxygen atoms in total. The van der Waals surface area contributed by atoms with Gasteiger partial charge in [0.05, 0.1) is 11.7 Å². The van der Waals surface area contributed by atoms with Crippen molar-refractivity contribution in [1.29, 1.82) is 0 Å². The topological polar surface area (TPSA) is 87.7 Å². The molecule has 2 aromatic heterocycles. The molecule has 0 atom stereocenters. The summed E-state index contributed by atoms with van der Waals surface area (Å²) >= 11 is 1.15. The molecule has 0 aliphatic carbocycles. The predicted octanol–water partition coefficient (Wildman–Crippen LogP) is 1.93. The van der Waals surface area contributed by atoms with E-state index in [4.69, 9.17) is 0 Å². The van der Waals surface area contributed by atoms with Gasteiger partial charge in [-0.25, -0.2) is 0 Å². The van der Waals surface area contributed by atoms with Gasteiger partial charge < -0.3 is 10.3 Å². The van der Waals surface area contributed by atoms with Gasteiger partial charge in [0.15, 0.2) is 0 Å². The van der Waals surface area contributed by atoms with E-state index >= 15 is 0 Å². The second kappa shape index (κ2) is 5.69. The summed E-state index contributed by atoms with van der Waals surface area (Å²) in [6, 6.07) is 7.23. The summed E-state index contributed by atoms with van der Waals surface area (Å²) in [5.74, 6) is -0.388. The molecule has 1 amide bonds. The number of carbonyl (C=O) groups is 1. The van der Waals surface area contributed by atoms with Gasteiger partial charge in [0, 0.05) is 12.2 Å². The van der Waals surface area contributed by atoms with Crippen LogP contribution >= 0.6 is 11.7 Å². The highest BCUT2D eigenvalue weighted by molar-refractivity contribution is 7.00. The lowest BCUT2D eigenvalue weighted by Gasteiger charge is -2.07. The van der Waals surface area contributed by atoms with Crippen LogP contribution in [0.25, 0.3) is 11.0 Å². The minimum atomic E-state index is -0.388. The summed E-state index contributed by atoms with van der Waals surface area (Å²) in [7, 11) is 0. The van der Waals surface area contributed by atoms with Gasteiger partial charge >= 0.3 is 0 Å². The van der Waals surface area contributed by atoms with E-state index in [9.17, 15) is 9.59 Å². The Morgan fingerprint density at radius 2 is 2.00 bits per heavy atom. The molecule has 3 rings (SSSR count). The Kier molecular flexibility index (Phi) is 3.72. The van der Waals surface area contributed by atoms with Gasteiger partial charge in [-0.2, -0.15) is 8.75 Å². The Morgan fingerprint density at radius 3 is 2.82 bits per heavy atom. The zero-order chi connectivity index (χ0) is 15.7. The number of fused-ring (bicyclic) bond motifs is 1. The van der Waals surface area contributed by atoms with Crippen molar-refractivity contribution in [1.82, 2.24) is 19.0 Å². The molecule has 0 spiro atoms. The summed E-state index contributed by atoms with van der Waals surface area (Å²) < 4.78 is 8.29. The van der Waals surface area contributed by atoms with Gasteiger partial charge in [0.2, 0.25) is 0 Å². The molecule has 22 heavy (non-hydrogen) atoms. The number of aromatic nitrogens is 3. The first-order valence-corrected chi connectivity index (χ1v) is 7.47. The maximum absolute atomic E-state index is 12.2. The second-order valence-corrected chi connectivity index (χ2v) is 5.62. The molecule has 0 bridgehead atoms. The van der Waals surface area contributed by atoms with Crippen LogP contribution in [0.5, 0.6) is 0 Å². The molecular formula is C15H14N4O2S. The fourth-order valence-electron chi connectivity index (χ4n) is 2.11. The lowest BCUT2D eigenvalue weighted by molar-refractivity contribution is 0.0949. The molecule has 0 unspecified atom stereocenters. The van der Waals surface area contributed by atoms with Crippen LogP contribution in [0.15, 0.2) is 29.1 Å². The molecule has 0 fully saturated rings. The SMILES string of the molecule is Cc1cc(C(=O)NCc2ccc3nsnc3c2)c(=O)[nH]c1C. The first kappa shape index (κ1) is 14.4. The number of H-pyrrole nitrogens is 1. The lowest BCUT2D eigenvalue weighted by atomic mass is 10.1. The molecule has 0 aliphatic heterocycles. The molecule has 0 aliphatic rings. The van der Waals surface area contributed by atoms with Crippen molar-refractivity contribution >= 4 is 28.7 Å². The third-order valence-corrected chi connectivity index (χ3v) is 4.07. The minimum Gasteiger partial charge on any atom is -0.348 e. The minimum absolute atomic E-state index is 0.125. The van der Waals surface area contributed by atoms with Gasteiger partial charge in [-0.1, -0.05) is 6.07 Å². The first-order chi connectivity index (χ1) is 10.5. The number of hydrogen-bond donors (Lipinski definition) is 2. The molecular weight excluding hydrogens is 300 g/mol. The molecule has 2 heterocycles. The zero-order valence-corrected chi connectivity index (χ0v) is 13.0. The van der Waals surface area contributed by atoms with Crippen molar-refractivity contribution < 1.29 is 4.79 Å². The van der Waals surface area contributed by atoms with Crippen LogP contribution in [0.4, 0.5) is 0 Å². The molecule has 3 aromatic rings. The van der Waals surface area contributed by atoms with Gasteiger partial charge in [-0.3, -0.25) is 9.59 Å². The number of nitrogens with zero attached hydrogens (tertiary/aromatic N) is 2. The monoisotopic (exact) mass is 314 g/mol. The van der Waals surface area contributed by atoms with Crippen LogP contribution in [0.1, 0.15) is 27.2 Å². The van der Waals surface area contributed by atoms with E-state index in [-0.39, 0.29) is 17.0 Å². The van der Waals surface area contributed by atoms with Gasteiger partial charge in [0.1, 0.15) is 16.6 Å². The highest BCUT2D eigenvalue weighted by Crippen LogP contribution is 2.13. The Hall–Kier alpha value is -2.54. The normalized spacial score (nSPS) is 10.8. The largest absolute Gasteiger partial charge is 0.348 e. The van der Waals surface area contributed by atoms with Crippen molar-refractivity contribution in [2.45, 2.75) is 20.4 Å². The molecule has 7 heteroatoms. The third kappa shape index (κ3) is 2.75. The Balaban J connectivity index is 1.77. The van der Waals surface area contributed by atoms with Gasteiger partial charge in [0.25, 0.3) is 11.5 Å². The van der Waals surface area contributed by atoms with E-state index in [2.05, 4.69) is 19.0 Å². The molecule has 0 radical (unpaired) electrons. The number of aromatic amines is 1. The first-order valence-electron chi connectivity index (χ1n) is 6.74. The van der Waals surface area contributed by atoms with Gasteiger partial charge in [-0.05, 0) is 43.2 Å². The standard InChI is InChI=1S/C15H14N4O2S/c1-8-5-11(15(21)17-9(8)2)14(20)16-7-10-3-4-12-13(6-10)19-22-18-12/h3-6H,7H2,1-2H3,(H,16,20)(H,17,21). The Bertz CT molecular complexity index is 913. The third-order valence-electron chi connectivity index (χ3n) is 3.51. The van der Waals surface area contributed by atoms with Crippen LogP contribution in [-0.2, 0) is 6.54 Å². The van der Waals surface area contributed by atoms with E-state index in [0.29, 0.717) is 6.54 Å². The lowest BCUT2D eigenvalue weighted by Crippen LogP contribution is -2.29. The fourth-order valence-corrected chi connectivity index (χ4v) is 2.63. The Morgan fingerprint density at radius 1 is 1.23 bits per heavy atom. The molecule has 0 saturated carbocycles. The number of pyridine rings is 1. The number of rotatable bonds is 3. The van der Waals surface area contributed by atoms with E-state index in [1.807, 2.05) is 25.1 Å². The van der Waals surface area contributed by atoms with Crippen LogP contribution in [0.3, 0.4) is 0 Å². The number of carbonyl (C=O) groups excluding carboxylic acids is 1. The molecule has 1 aromatic carbocycles.